The second-order valence-corrected chi connectivity index (χ2v) is 7.53. The zero-order valence-corrected chi connectivity index (χ0v) is 14.5. The molecule has 0 spiro atoms. The molecule has 1 N–H and O–H groups in total. The van der Waals surface area contributed by atoms with E-state index in [0.717, 1.165) is 36.8 Å². The monoisotopic (exact) mass is 335 g/mol. The van der Waals surface area contributed by atoms with Crippen molar-refractivity contribution < 1.29 is 9.90 Å². The number of benzene rings is 2. The van der Waals surface area contributed by atoms with Crippen LogP contribution in [-0.4, -0.2) is 29.0 Å². The third-order valence-corrected chi connectivity index (χ3v) is 6.04. The minimum absolute atomic E-state index is 0.197. The van der Waals surface area contributed by atoms with Gasteiger partial charge >= 0.3 is 0 Å². The van der Waals surface area contributed by atoms with E-state index in [0.29, 0.717) is 19.5 Å². The first-order valence-corrected chi connectivity index (χ1v) is 9.27. The zero-order valence-electron chi connectivity index (χ0n) is 14.5. The van der Waals surface area contributed by atoms with Crippen molar-refractivity contribution in [1.29, 1.82) is 0 Å². The number of likely N-dealkylation sites (tertiary alicyclic amines) is 1. The number of nitrogens with zero attached hydrogens (tertiary/aromatic N) is 1. The van der Waals surface area contributed by atoms with Crippen molar-refractivity contribution in [3.05, 3.63) is 71.8 Å². The van der Waals surface area contributed by atoms with Gasteiger partial charge in [0, 0.05) is 6.54 Å². The van der Waals surface area contributed by atoms with Crippen molar-refractivity contribution in [1.82, 2.24) is 4.90 Å². The van der Waals surface area contributed by atoms with Crippen molar-refractivity contribution in [3.8, 4) is 0 Å². The molecule has 1 aliphatic carbocycles. The Morgan fingerprint density at radius 1 is 0.840 bits per heavy atom. The Morgan fingerprint density at radius 3 is 2.00 bits per heavy atom. The van der Waals surface area contributed by atoms with Crippen molar-refractivity contribution >= 4 is 5.91 Å². The Bertz CT molecular complexity index is 737. The Balaban J connectivity index is 1.61. The minimum atomic E-state index is -0.923. The molecule has 1 heterocycles. The van der Waals surface area contributed by atoms with E-state index < -0.39 is 11.0 Å². The van der Waals surface area contributed by atoms with Crippen molar-refractivity contribution in [2.45, 2.75) is 43.1 Å². The zero-order chi connectivity index (χ0) is 17.3. The third kappa shape index (κ3) is 2.77. The molecule has 1 saturated carbocycles. The van der Waals surface area contributed by atoms with E-state index in [1.807, 2.05) is 53.4 Å². The van der Waals surface area contributed by atoms with Gasteiger partial charge in [0.25, 0.3) is 0 Å². The van der Waals surface area contributed by atoms with Crippen LogP contribution in [0.15, 0.2) is 60.7 Å². The Labute approximate surface area is 149 Å². The summed E-state index contributed by atoms with van der Waals surface area (Å²) >= 11 is 0. The molecule has 3 heteroatoms. The quantitative estimate of drug-likeness (QED) is 0.931. The summed E-state index contributed by atoms with van der Waals surface area (Å²) in [5.74, 6) is 0.197. The van der Waals surface area contributed by atoms with Gasteiger partial charge in [-0.25, -0.2) is 0 Å². The number of carbonyl (C=O) groups excluding carboxylic acids is 1. The molecular formula is C22H25NO2. The summed E-state index contributed by atoms with van der Waals surface area (Å²) < 4.78 is 0. The van der Waals surface area contributed by atoms with Crippen LogP contribution in [-0.2, 0) is 15.8 Å². The minimum Gasteiger partial charge on any atom is -0.383 e. The first kappa shape index (κ1) is 16.3. The summed E-state index contributed by atoms with van der Waals surface area (Å²) in [5, 5.41) is 11.1. The molecule has 0 bridgehead atoms. The number of rotatable bonds is 3. The maximum atomic E-state index is 13.5. The first-order valence-electron chi connectivity index (χ1n) is 9.27. The maximum absolute atomic E-state index is 13.5. The molecule has 1 saturated heterocycles. The van der Waals surface area contributed by atoms with Crippen LogP contribution in [0, 0.1) is 0 Å². The third-order valence-electron chi connectivity index (χ3n) is 6.04. The fourth-order valence-corrected chi connectivity index (χ4v) is 4.62. The van der Waals surface area contributed by atoms with Crippen LogP contribution in [0.1, 0.15) is 43.2 Å². The number of hydrogen-bond donors (Lipinski definition) is 1. The fourth-order valence-electron chi connectivity index (χ4n) is 4.62. The lowest BCUT2D eigenvalue weighted by Crippen LogP contribution is -2.45. The molecule has 2 fully saturated rings. The van der Waals surface area contributed by atoms with Gasteiger partial charge < -0.3 is 10.0 Å². The molecule has 1 amide bonds. The van der Waals surface area contributed by atoms with E-state index in [1.165, 1.54) is 0 Å². The normalized spacial score (nSPS) is 25.2. The predicted molar refractivity (Wildman–Crippen MR) is 98.1 cm³/mol. The van der Waals surface area contributed by atoms with Crippen LogP contribution in [0.4, 0.5) is 0 Å². The fraction of sp³-hybridized carbons (Fsp3) is 0.409. The molecule has 25 heavy (non-hydrogen) atoms. The summed E-state index contributed by atoms with van der Waals surface area (Å²) in [6.45, 7) is 1.02. The van der Waals surface area contributed by atoms with E-state index in [9.17, 15) is 9.90 Å². The number of amides is 1. The number of aliphatic hydroxyl groups is 1. The van der Waals surface area contributed by atoms with Crippen molar-refractivity contribution in [2.24, 2.45) is 0 Å². The lowest BCUT2D eigenvalue weighted by atomic mass is 9.77. The topological polar surface area (TPSA) is 40.5 Å². The van der Waals surface area contributed by atoms with Crippen molar-refractivity contribution in [3.63, 3.8) is 0 Å². The number of carbonyl (C=O) groups is 1. The van der Waals surface area contributed by atoms with Gasteiger partial charge in [-0.1, -0.05) is 73.5 Å². The lowest BCUT2D eigenvalue weighted by molar-refractivity contribution is -0.137. The van der Waals surface area contributed by atoms with Gasteiger partial charge in [0.05, 0.1) is 12.0 Å². The highest BCUT2D eigenvalue weighted by molar-refractivity contribution is 5.89. The van der Waals surface area contributed by atoms with E-state index in [1.54, 1.807) is 0 Å². The van der Waals surface area contributed by atoms with Crippen LogP contribution in [0.5, 0.6) is 0 Å². The Kier molecular flexibility index (Phi) is 4.12. The smallest absolute Gasteiger partial charge is 0.233 e. The summed E-state index contributed by atoms with van der Waals surface area (Å²) in [6, 6.07) is 20.0. The summed E-state index contributed by atoms with van der Waals surface area (Å²) in [5.41, 5.74) is 0.717. The van der Waals surface area contributed by atoms with E-state index in [4.69, 9.17) is 0 Å². The molecule has 0 radical (unpaired) electrons. The average Bonchev–Trinajstić information content (AvgIpc) is 3.31. The van der Waals surface area contributed by atoms with E-state index in [-0.39, 0.29) is 5.91 Å². The molecule has 3 nitrogen and oxygen atoms in total. The van der Waals surface area contributed by atoms with Crippen molar-refractivity contribution in [2.75, 3.05) is 13.1 Å². The summed E-state index contributed by atoms with van der Waals surface area (Å²) in [6.07, 6.45) is 4.62. The molecule has 130 valence electrons. The summed E-state index contributed by atoms with van der Waals surface area (Å²) in [7, 11) is 0. The highest BCUT2D eigenvalue weighted by Gasteiger charge is 2.48. The Hall–Kier alpha value is -2.13. The predicted octanol–water partition coefficient (Wildman–Crippen LogP) is 3.62. The largest absolute Gasteiger partial charge is 0.383 e. The molecule has 4 rings (SSSR count). The first-order chi connectivity index (χ1) is 12.1. The van der Waals surface area contributed by atoms with Crippen LogP contribution in [0.2, 0.25) is 0 Å². The molecule has 2 aromatic rings. The maximum Gasteiger partial charge on any atom is 0.233 e. The highest BCUT2D eigenvalue weighted by atomic mass is 16.3. The van der Waals surface area contributed by atoms with Crippen LogP contribution in [0.25, 0.3) is 0 Å². The Morgan fingerprint density at radius 2 is 1.40 bits per heavy atom. The van der Waals surface area contributed by atoms with Gasteiger partial charge in [-0.05, 0) is 30.4 Å². The SMILES string of the molecule is O=C(N1CCC(O)(c2ccccc2)C1)C1(c2ccccc2)CCCC1. The van der Waals surface area contributed by atoms with Crippen LogP contribution in [0.3, 0.4) is 0 Å². The summed E-state index contributed by atoms with van der Waals surface area (Å²) in [4.78, 5) is 15.4. The average molecular weight is 335 g/mol. The van der Waals surface area contributed by atoms with Gasteiger partial charge in [0.2, 0.25) is 5.91 Å². The second kappa shape index (κ2) is 6.30. The highest BCUT2D eigenvalue weighted by Crippen LogP contribution is 2.44. The molecule has 0 aromatic heterocycles. The van der Waals surface area contributed by atoms with Gasteiger partial charge in [-0.3, -0.25) is 4.79 Å². The lowest BCUT2D eigenvalue weighted by Gasteiger charge is -2.33. The van der Waals surface area contributed by atoms with Gasteiger partial charge in [0.15, 0.2) is 0 Å². The number of hydrogen-bond acceptors (Lipinski definition) is 2. The number of β-amino-alcohol motifs (C(OH)–C–C–N with tert-alkyl or cyclic N) is 1. The van der Waals surface area contributed by atoms with Gasteiger partial charge in [-0.15, -0.1) is 0 Å². The van der Waals surface area contributed by atoms with Crippen LogP contribution < -0.4 is 0 Å². The molecular weight excluding hydrogens is 310 g/mol. The van der Waals surface area contributed by atoms with E-state index in [2.05, 4.69) is 12.1 Å². The molecule has 1 unspecified atom stereocenters. The standard InChI is InChI=1S/C22H25NO2/c24-20(21(13-7-8-14-21)18-9-3-1-4-10-18)23-16-15-22(25,17-23)19-11-5-2-6-12-19/h1-6,9-12,25H,7-8,13-17H2. The van der Waals surface area contributed by atoms with Crippen LogP contribution >= 0.6 is 0 Å². The molecule has 1 aliphatic heterocycles. The van der Waals surface area contributed by atoms with Gasteiger partial charge in [-0.2, -0.15) is 0 Å². The molecule has 1 atom stereocenters. The molecule has 2 aliphatic rings. The van der Waals surface area contributed by atoms with E-state index >= 15 is 0 Å². The second-order valence-electron chi connectivity index (χ2n) is 7.53. The molecule has 2 aromatic carbocycles. The van der Waals surface area contributed by atoms with Gasteiger partial charge in [0.1, 0.15) is 5.60 Å².